The highest BCUT2D eigenvalue weighted by Crippen LogP contribution is 2.26. The molecule has 0 fully saturated rings. The maximum absolute atomic E-state index is 8.47. The fourth-order valence-electron chi connectivity index (χ4n) is 0.961. The van der Waals surface area contributed by atoms with Crippen LogP contribution in [0.15, 0.2) is 26.9 Å². The van der Waals surface area contributed by atoms with Crippen LogP contribution in [0.3, 0.4) is 0 Å². The van der Waals surface area contributed by atoms with E-state index in [9.17, 15) is 0 Å². The first-order chi connectivity index (χ1) is 8.19. The largest absolute Gasteiger partial charge is 0.409 e. The average Bonchev–Trinajstić information content (AvgIpc) is 2.75. The Kier molecular flexibility index (Phi) is 3.49. The lowest BCUT2D eigenvalue weighted by molar-refractivity contribution is 0.318. The van der Waals surface area contributed by atoms with Crippen molar-refractivity contribution in [3.8, 4) is 0 Å². The lowest BCUT2D eigenvalue weighted by Crippen LogP contribution is -2.15. The van der Waals surface area contributed by atoms with E-state index in [1.165, 1.54) is 35.7 Å². The lowest BCUT2D eigenvalue weighted by Gasteiger charge is -1.98. The average molecular weight is 268 g/mol. The van der Waals surface area contributed by atoms with Crippen molar-refractivity contribution in [3.05, 3.63) is 23.9 Å². The minimum absolute atomic E-state index is 0.0687. The zero-order valence-corrected chi connectivity index (χ0v) is 10.4. The number of aromatic nitrogens is 4. The molecule has 0 spiro atoms. The molecule has 0 amide bonds. The van der Waals surface area contributed by atoms with Crippen LogP contribution in [0.2, 0.25) is 0 Å². The summed E-state index contributed by atoms with van der Waals surface area (Å²) in [6, 6.07) is 0. The smallest absolute Gasteiger partial charge is 0.190 e. The summed E-state index contributed by atoms with van der Waals surface area (Å²) in [5, 5.41) is 12.0. The second-order valence-electron chi connectivity index (χ2n) is 2.93. The third kappa shape index (κ3) is 2.88. The lowest BCUT2D eigenvalue weighted by atomic mass is 10.4. The van der Waals surface area contributed by atoms with Crippen LogP contribution in [0.5, 0.6) is 0 Å². The van der Waals surface area contributed by atoms with Crippen LogP contribution < -0.4 is 5.73 Å². The first-order valence-corrected chi connectivity index (χ1v) is 6.06. The van der Waals surface area contributed by atoms with Crippen molar-refractivity contribution in [2.75, 3.05) is 0 Å². The molecule has 3 N–H and O–H groups in total. The minimum atomic E-state index is -0.0687. The molecule has 0 unspecified atom stereocenters. The van der Waals surface area contributed by atoms with Crippen LogP contribution in [0.1, 0.15) is 11.5 Å². The van der Waals surface area contributed by atoms with Crippen LogP contribution in [0, 0.1) is 6.92 Å². The molecule has 0 aromatic carbocycles. The van der Waals surface area contributed by atoms with Crippen LogP contribution >= 0.6 is 23.3 Å². The number of oxime groups is 1. The van der Waals surface area contributed by atoms with Crippen molar-refractivity contribution >= 4 is 29.1 Å². The number of hydrogen-bond donors (Lipinski definition) is 2. The Labute approximate surface area is 105 Å². The zero-order valence-electron chi connectivity index (χ0n) is 8.73. The fourth-order valence-corrected chi connectivity index (χ4v) is 2.47. The van der Waals surface area contributed by atoms with Crippen molar-refractivity contribution in [2.24, 2.45) is 10.9 Å². The number of nitrogens with two attached hydrogens (primary N) is 1. The quantitative estimate of drug-likeness (QED) is 0.368. The summed E-state index contributed by atoms with van der Waals surface area (Å²) in [7, 11) is 0. The molecule has 0 radical (unpaired) electrons. The van der Waals surface area contributed by atoms with Crippen molar-refractivity contribution in [1.29, 1.82) is 0 Å². The Morgan fingerprint density at radius 2 is 2.29 bits per heavy atom. The highest BCUT2D eigenvalue weighted by atomic mass is 32.2. The SMILES string of the molecule is Cc1nsc(Sc2cnc(C(N)=NO)cn2)n1. The van der Waals surface area contributed by atoms with Crippen LogP contribution in [0.4, 0.5) is 0 Å². The van der Waals surface area contributed by atoms with Gasteiger partial charge in [0, 0.05) is 0 Å². The molecule has 0 aliphatic heterocycles. The monoisotopic (exact) mass is 268 g/mol. The van der Waals surface area contributed by atoms with Gasteiger partial charge in [-0.15, -0.1) is 0 Å². The third-order valence-electron chi connectivity index (χ3n) is 1.70. The van der Waals surface area contributed by atoms with Gasteiger partial charge in [-0.25, -0.2) is 15.0 Å². The number of hydrogen-bond acceptors (Lipinski definition) is 8. The molecule has 88 valence electrons. The standard InChI is InChI=1S/C8H8N6OS2/c1-4-12-8(17-14-4)16-6-3-10-5(2-11-6)7(9)13-15/h2-3,15H,1H3,(H2,9,13). The van der Waals surface area contributed by atoms with Gasteiger partial charge in [0.15, 0.2) is 10.2 Å². The molecule has 9 heteroatoms. The van der Waals surface area contributed by atoms with Crippen LogP contribution in [-0.2, 0) is 0 Å². The Balaban J connectivity index is 2.13. The van der Waals surface area contributed by atoms with Crippen molar-refractivity contribution in [2.45, 2.75) is 16.3 Å². The van der Waals surface area contributed by atoms with E-state index in [1.807, 2.05) is 6.92 Å². The Bertz CT molecular complexity index is 537. The van der Waals surface area contributed by atoms with Crippen molar-refractivity contribution in [1.82, 2.24) is 19.3 Å². The number of aryl methyl sites for hydroxylation is 1. The molecule has 2 heterocycles. The highest BCUT2D eigenvalue weighted by molar-refractivity contribution is 8.00. The summed E-state index contributed by atoms with van der Waals surface area (Å²) in [6.07, 6.45) is 2.97. The van der Waals surface area contributed by atoms with E-state index in [-0.39, 0.29) is 5.84 Å². The van der Waals surface area contributed by atoms with Gasteiger partial charge in [-0.05, 0) is 30.2 Å². The summed E-state index contributed by atoms with van der Waals surface area (Å²) in [4.78, 5) is 12.3. The molecule has 0 aliphatic carbocycles. The first-order valence-electron chi connectivity index (χ1n) is 4.47. The van der Waals surface area contributed by atoms with Gasteiger partial charge in [-0.2, -0.15) is 4.37 Å². The van der Waals surface area contributed by atoms with E-state index in [0.717, 1.165) is 10.2 Å². The Morgan fingerprint density at radius 3 is 2.82 bits per heavy atom. The Morgan fingerprint density at radius 1 is 1.47 bits per heavy atom. The van der Waals surface area contributed by atoms with E-state index < -0.39 is 0 Å². The molecule has 0 saturated carbocycles. The molecular formula is C8H8N6OS2. The van der Waals surface area contributed by atoms with Gasteiger partial charge in [-0.1, -0.05) is 5.16 Å². The second kappa shape index (κ2) is 5.06. The second-order valence-corrected chi connectivity index (χ2v) is 4.95. The predicted molar refractivity (Wildman–Crippen MR) is 63.3 cm³/mol. The number of nitrogens with zero attached hydrogens (tertiary/aromatic N) is 5. The molecule has 2 rings (SSSR count). The molecule has 17 heavy (non-hydrogen) atoms. The highest BCUT2D eigenvalue weighted by Gasteiger charge is 2.06. The summed E-state index contributed by atoms with van der Waals surface area (Å²) < 4.78 is 4.86. The Hall–Kier alpha value is -1.74. The molecule has 0 aliphatic rings. The number of rotatable bonds is 3. The summed E-state index contributed by atoms with van der Waals surface area (Å²) in [5.74, 6) is 0.666. The maximum Gasteiger partial charge on any atom is 0.190 e. The van der Waals surface area contributed by atoms with Gasteiger partial charge in [0.1, 0.15) is 16.5 Å². The van der Waals surface area contributed by atoms with Crippen molar-refractivity contribution in [3.63, 3.8) is 0 Å². The van der Waals surface area contributed by atoms with Gasteiger partial charge in [0.05, 0.1) is 12.4 Å². The third-order valence-corrected chi connectivity index (χ3v) is 3.46. The van der Waals surface area contributed by atoms with Gasteiger partial charge in [-0.3, -0.25) is 0 Å². The molecule has 0 bridgehead atoms. The molecular weight excluding hydrogens is 260 g/mol. The summed E-state index contributed by atoms with van der Waals surface area (Å²) in [5.41, 5.74) is 5.69. The normalized spacial score (nSPS) is 11.7. The molecule has 7 nitrogen and oxygen atoms in total. The van der Waals surface area contributed by atoms with Gasteiger partial charge >= 0.3 is 0 Å². The maximum atomic E-state index is 8.47. The van der Waals surface area contributed by atoms with Gasteiger partial charge in [0.2, 0.25) is 0 Å². The van der Waals surface area contributed by atoms with E-state index in [1.54, 1.807) is 0 Å². The predicted octanol–water partition coefficient (Wildman–Crippen LogP) is 0.882. The van der Waals surface area contributed by atoms with Crippen molar-refractivity contribution < 1.29 is 5.21 Å². The van der Waals surface area contributed by atoms with Crippen LogP contribution in [0.25, 0.3) is 0 Å². The van der Waals surface area contributed by atoms with Gasteiger partial charge < -0.3 is 10.9 Å². The minimum Gasteiger partial charge on any atom is -0.409 e. The molecule has 2 aromatic heterocycles. The molecule has 0 atom stereocenters. The summed E-state index contributed by atoms with van der Waals surface area (Å²) in [6.45, 7) is 1.83. The van der Waals surface area contributed by atoms with E-state index in [2.05, 4.69) is 24.5 Å². The van der Waals surface area contributed by atoms with Gasteiger partial charge in [0.25, 0.3) is 0 Å². The fraction of sp³-hybridized carbons (Fsp3) is 0.125. The topological polar surface area (TPSA) is 110 Å². The molecule has 2 aromatic rings. The summed E-state index contributed by atoms with van der Waals surface area (Å²) >= 11 is 2.67. The number of amidine groups is 1. The van der Waals surface area contributed by atoms with E-state index >= 15 is 0 Å². The first kappa shape index (κ1) is 11.7. The van der Waals surface area contributed by atoms with E-state index in [0.29, 0.717) is 10.7 Å². The van der Waals surface area contributed by atoms with E-state index in [4.69, 9.17) is 10.9 Å². The van der Waals surface area contributed by atoms with Crippen LogP contribution in [-0.4, -0.2) is 30.4 Å². The zero-order chi connectivity index (χ0) is 12.3. The molecule has 0 saturated heterocycles.